The van der Waals surface area contributed by atoms with Crippen molar-refractivity contribution in [3.63, 3.8) is 0 Å². The fourth-order valence-corrected chi connectivity index (χ4v) is 3.16. The monoisotopic (exact) mass is 219 g/mol. The molecular weight excluding hydrogens is 202 g/mol. The maximum Gasteiger partial charge on any atom is 0.222 e. The van der Waals surface area contributed by atoms with Crippen molar-refractivity contribution in [3.05, 3.63) is 0 Å². The molecule has 1 fully saturated rings. The molecule has 1 saturated heterocycles. The van der Waals surface area contributed by atoms with E-state index in [1.165, 1.54) is 0 Å². The summed E-state index contributed by atoms with van der Waals surface area (Å²) in [7, 11) is -2.96. The molecule has 1 rings (SSSR count). The summed E-state index contributed by atoms with van der Waals surface area (Å²) in [6.07, 6.45) is 0.544. The molecule has 1 heterocycles. The van der Waals surface area contributed by atoms with Crippen LogP contribution in [-0.2, 0) is 14.6 Å². The van der Waals surface area contributed by atoms with E-state index in [1.54, 1.807) is 20.8 Å². The highest BCUT2D eigenvalue weighted by atomic mass is 32.2. The van der Waals surface area contributed by atoms with Gasteiger partial charge in [-0.3, -0.25) is 4.79 Å². The van der Waals surface area contributed by atoms with Crippen LogP contribution in [0.2, 0.25) is 0 Å². The van der Waals surface area contributed by atoms with E-state index in [9.17, 15) is 13.2 Å². The van der Waals surface area contributed by atoms with Gasteiger partial charge in [0.25, 0.3) is 0 Å². The lowest BCUT2D eigenvalue weighted by atomic mass is 10.1. The van der Waals surface area contributed by atoms with Gasteiger partial charge in [-0.05, 0) is 13.3 Å². The Labute approximate surface area is 85.0 Å². The van der Waals surface area contributed by atoms with Gasteiger partial charge in [0.1, 0.15) is 0 Å². The minimum Gasteiger partial charge on any atom is -0.352 e. The Morgan fingerprint density at radius 1 is 1.43 bits per heavy atom. The summed E-state index contributed by atoms with van der Waals surface area (Å²) in [5.41, 5.74) is 0. The standard InChI is InChI=1S/C9H17NO3S/c1-6(2)9(11)10-8-4-5-14(12,13)7(8)3/h6-8H,4-5H2,1-3H3,(H,10,11). The van der Waals surface area contributed by atoms with Crippen LogP contribution in [0.25, 0.3) is 0 Å². The molecule has 0 radical (unpaired) electrons. The van der Waals surface area contributed by atoms with E-state index in [0.717, 1.165) is 0 Å². The smallest absolute Gasteiger partial charge is 0.222 e. The van der Waals surface area contributed by atoms with E-state index in [-0.39, 0.29) is 23.6 Å². The first-order chi connectivity index (χ1) is 6.34. The van der Waals surface area contributed by atoms with Gasteiger partial charge in [-0.2, -0.15) is 0 Å². The Morgan fingerprint density at radius 3 is 2.36 bits per heavy atom. The maximum absolute atomic E-state index is 11.4. The van der Waals surface area contributed by atoms with Crippen LogP contribution < -0.4 is 5.32 Å². The first kappa shape index (κ1) is 11.5. The zero-order chi connectivity index (χ0) is 10.9. The number of carbonyl (C=O) groups excluding carboxylic acids is 1. The van der Waals surface area contributed by atoms with Gasteiger partial charge in [0.15, 0.2) is 9.84 Å². The van der Waals surface area contributed by atoms with Crippen molar-refractivity contribution in [2.75, 3.05) is 5.75 Å². The highest BCUT2D eigenvalue weighted by molar-refractivity contribution is 7.92. The zero-order valence-electron chi connectivity index (χ0n) is 8.78. The van der Waals surface area contributed by atoms with E-state index in [1.807, 2.05) is 0 Å². The van der Waals surface area contributed by atoms with Gasteiger partial charge >= 0.3 is 0 Å². The minimum atomic E-state index is -2.96. The molecule has 0 aromatic carbocycles. The van der Waals surface area contributed by atoms with Crippen molar-refractivity contribution in [3.8, 4) is 0 Å². The van der Waals surface area contributed by atoms with Crippen LogP contribution in [0.1, 0.15) is 27.2 Å². The molecule has 1 aliphatic heterocycles. The van der Waals surface area contributed by atoms with Gasteiger partial charge < -0.3 is 5.32 Å². The molecule has 5 heteroatoms. The first-order valence-corrected chi connectivity index (χ1v) is 6.58. The summed E-state index contributed by atoms with van der Waals surface area (Å²) >= 11 is 0. The highest BCUT2D eigenvalue weighted by Crippen LogP contribution is 2.20. The molecule has 0 aromatic rings. The molecule has 2 unspecified atom stereocenters. The van der Waals surface area contributed by atoms with Crippen molar-refractivity contribution in [1.29, 1.82) is 0 Å². The normalized spacial score (nSPS) is 30.6. The predicted molar refractivity (Wildman–Crippen MR) is 54.6 cm³/mol. The summed E-state index contributed by atoms with van der Waals surface area (Å²) in [4.78, 5) is 11.3. The quantitative estimate of drug-likeness (QED) is 0.728. The third kappa shape index (κ3) is 2.26. The van der Waals surface area contributed by atoms with Gasteiger partial charge in [-0.15, -0.1) is 0 Å². The van der Waals surface area contributed by atoms with E-state index < -0.39 is 15.1 Å². The highest BCUT2D eigenvalue weighted by Gasteiger charge is 2.37. The molecule has 1 N–H and O–H groups in total. The van der Waals surface area contributed by atoms with Crippen LogP contribution in [-0.4, -0.2) is 31.4 Å². The number of rotatable bonds is 2. The van der Waals surface area contributed by atoms with Crippen molar-refractivity contribution in [1.82, 2.24) is 5.32 Å². The maximum atomic E-state index is 11.4. The Kier molecular flexibility index (Phi) is 3.19. The lowest BCUT2D eigenvalue weighted by Gasteiger charge is -2.17. The van der Waals surface area contributed by atoms with Crippen molar-refractivity contribution < 1.29 is 13.2 Å². The van der Waals surface area contributed by atoms with Gasteiger partial charge in [0.2, 0.25) is 5.91 Å². The van der Waals surface area contributed by atoms with Crippen molar-refractivity contribution in [2.24, 2.45) is 5.92 Å². The second kappa shape index (κ2) is 3.88. The number of hydrogen-bond donors (Lipinski definition) is 1. The molecule has 4 nitrogen and oxygen atoms in total. The molecule has 0 bridgehead atoms. The van der Waals surface area contributed by atoms with Crippen LogP contribution in [0.4, 0.5) is 0 Å². The van der Waals surface area contributed by atoms with Crippen molar-refractivity contribution in [2.45, 2.75) is 38.5 Å². The molecule has 0 spiro atoms. The predicted octanol–water partition coefficient (Wildman–Crippen LogP) is 0.334. The Bertz CT molecular complexity index is 321. The summed E-state index contributed by atoms with van der Waals surface area (Å²) in [6.45, 7) is 5.25. The van der Waals surface area contributed by atoms with Gasteiger partial charge in [0.05, 0.1) is 11.0 Å². The fraction of sp³-hybridized carbons (Fsp3) is 0.889. The van der Waals surface area contributed by atoms with Crippen LogP contribution in [0.15, 0.2) is 0 Å². The van der Waals surface area contributed by atoms with Crippen molar-refractivity contribution >= 4 is 15.7 Å². The Hall–Kier alpha value is -0.580. The third-order valence-corrected chi connectivity index (χ3v) is 4.96. The van der Waals surface area contributed by atoms with Crippen LogP contribution in [0.3, 0.4) is 0 Å². The topological polar surface area (TPSA) is 63.2 Å². The Balaban J connectivity index is 2.62. The SMILES string of the molecule is CC(C)C(=O)NC1CCS(=O)(=O)C1C. The van der Waals surface area contributed by atoms with Gasteiger partial charge in [-0.25, -0.2) is 8.42 Å². The lowest BCUT2D eigenvalue weighted by Crippen LogP contribution is -2.42. The average molecular weight is 219 g/mol. The second-order valence-corrected chi connectivity index (χ2v) is 6.61. The molecule has 0 aliphatic carbocycles. The second-order valence-electron chi connectivity index (χ2n) is 4.13. The molecule has 14 heavy (non-hydrogen) atoms. The molecule has 1 aliphatic rings. The molecular formula is C9H17NO3S. The number of hydrogen-bond acceptors (Lipinski definition) is 3. The van der Waals surface area contributed by atoms with E-state index in [4.69, 9.17) is 0 Å². The van der Waals surface area contributed by atoms with Crippen LogP contribution >= 0.6 is 0 Å². The van der Waals surface area contributed by atoms with E-state index >= 15 is 0 Å². The van der Waals surface area contributed by atoms with E-state index in [0.29, 0.717) is 6.42 Å². The first-order valence-electron chi connectivity index (χ1n) is 4.86. The third-order valence-electron chi connectivity index (χ3n) is 2.70. The molecule has 82 valence electrons. The fourth-order valence-electron chi connectivity index (χ4n) is 1.50. The Morgan fingerprint density at radius 2 is 2.00 bits per heavy atom. The van der Waals surface area contributed by atoms with Crippen LogP contribution in [0.5, 0.6) is 0 Å². The minimum absolute atomic E-state index is 0.0704. The summed E-state index contributed by atoms with van der Waals surface area (Å²) in [5.74, 6) is 0.0291. The van der Waals surface area contributed by atoms with Gasteiger partial charge in [-0.1, -0.05) is 13.8 Å². The number of carbonyl (C=O) groups is 1. The molecule has 0 aromatic heterocycles. The van der Waals surface area contributed by atoms with Gasteiger partial charge in [0, 0.05) is 12.0 Å². The molecule has 2 atom stereocenters. The summed E-state index contributed by atoms with van der Waals surface area (Å²) in [6, 6.07) is -0.199. The summed E-state index contributed by atoms with van der Waals surface area (Å²) < 4.78 is 22.7. The number of sulfone groups is 1. The number of amides is 1. The lowest BCUT2D eigenvalue weighted by molar-refractivity contribution is -0.124. The summed E-state index contributed by atoms with van der Waals surface area (Å²) in [5, 5.41) is 2.33. The number of nitrogens with one attached hydrogen (secondary N) is 1. The molecule has 1 amide bonds. The largest absolute Gasteiger partial charge is 0.352 e. The zero-order valence-corrected chi connectivity index (χ0v) is 9.60. The average Bonchev–Trinajstić information content (AvgIpc) is 2.32. The molecule has 0 saturated carbocycles. The van der Waals surface area contributed by atoms with E-state index in [2.05, 4.69) is 5.32 Å². The van der Waals surface area contributed by atoms with Crippen LogP contribution in [0, 0.1) is 5.92 Å².